The normalized spacial score (nSPS) is 18.1. The summed E-state index contributed by atoms with van der Waals surface area (Å²) >= 11 is 11.9. The Morgan fingerprint density at radius 1 is 1.19 bits per heavy atom. The van der Waals surface area contributed by atoms with E-state index in [4.69, 9.17) is 28.0 Å². The molecule has 2 aromatic rings. The number of oxime groups is 1. The number of aliphatic hydroxyl groups excluding tert-OH is 1. The molecule has 31 heavy (non-hydrogen) atoms. The summed E-state index contributed by atoms with van der Waals surface area (Å²) in [6.45, 7) is 1.75. The molecule has 2 aromatic carbocycles. The van der Waals surface area contributed by atoms with Gasteiger partial charge in [0.15, 0.2) is 0 Å². The van der Waals surface area contributed by atoms with Crippen molar-refractivity contribution in [1.29, 1.82) is 0 Å². The van der Waals surface area contributed by atoms with E-state index in [1.54, 1.807) is 18.2 Å². The van der Waals surface area contributed by atoms with E-state index < -0.39 is 18.2 Å². The smallest absolute Gasteiger partial charge is 0.245 e. The molecule has 0 unspecified atom stereocenters. The molecule has 0 radical (unpaired) electrons. The maximum Gasteiger partial charge on any atom is 0.245 e. The van der Waals surface area contributed by atoms with Gasteiger partial charge in [-0.15, -0.1) is 0 Å². The van der Waals surface area contributed by atoms with E-state index in [2.05, 4.69) is 10.5 Å². The predicted octanol–water partition coefficient (Wildman–Crippen LogP) is 3.16. The Hall–Kier alpha value is -2.61. The van der Waals surface area contributed by atoms with Crippen molar-refractivity contribution >= 4 is 40.7 Å². The van der Waals surface area contributed by atoms with E-state index in [0.29, 0.717) is 15.8 Å². The lowest BCUT2D eigenvalue weighted by atomic mass is 10.1. The largest absolute Gasteiger partial charge is 0.391 e. The molecule has 2 N–H and O–H groups in total. The molecule has 0 aromatic heterocycles. The number of nitrogens with zero attached hydrogens (tertiary/aromatic N) is 2. The highest BCUT2D eigenvalue weighted by Crippen LogP contribution is 2.23. The highest BCUT2D eigenvalue weighted by molar-refractivity contribution is 6.42. The summed E-state index contributed by atoms with van der Waals surface area (Å²) in [7, 11) is 0. The van der Waals surface area contributed by atoms with Gasteiger partial charge in [-0.05, 0) is 23.3 Å². The van der Waals surface area contributed by atoms with Gasteiger partial charge >= 0.3 is 0 Å². The van der Waals surface area contributed by atoms with Gasteiger partial charge in [-0.1, -0.05) is 64.8 Å². The van der Waals surface area contributed by atoms with Crippen molar-refractivity contribution in [2.24, 2.45) is 5.16 Å². The predicted molar refractivity (Wildman–Crippen MR) is 119 cm³/mol. The number of carbonyl (C=O) groups is 2. The standard InChI is InChI=1S/C22H23Cl2N3O4/c1-14(28)27-12-17(26-31-13-16-7-8-18(23)19(24)9-16)11-20(27)22(30)25-21(29)10-15-5-3-2-4-6-15/h2-9,20-21,29H,10-13H2,1H3,(H,25,30)/b26-17+/t20-,21+/m0/s1. The monoisotopic (exact) mass is 463 g/mol. The van der Waals surface area contributed by atoms with E-state index in [9.17, 15) is 14.7 Å². The molecule has 9 heteroatoms. The minimum atomic E-state index is -1.06. The molecular weight excluding hydrogens is 441 g/mol. The lowest BCUT2D eigenvalue weighted by molar-refractivity contribution is -0.138. The molecule has 7 nitrogen and oxygen atoms in total. The second-order valence-corrected chi connectivity index (χ2v) is 8.07. The van der Waals surface area contributed by atoms with Gasteiger partial charge in [-0.2, -0.15) is 0 Å². The Bertz CT molecular complexity index is 968. The molecule has 2 amide bonds. The van der Waals surface area contributed by atoms with Crippen LogP contribution in [-0.2, 0) is 27.5 Å². The number of amides is 2. The molecule has 0 spiro atoms. The van der Waals surface area contributed by atoms with Gasteiger partial charge < -0.3 is 20.2 Å². The van der Waals surface area contributed by atoms with Crippen molar-refractivity contribution in [2.75, 3.05) is 6.54 Å². The Balaban J connectivity index is 1.58. The van der Waals surface area contributed by atoms with E-state index in [1.165, 1.54) is 11.8 Å². The van der Waals surface area contributed by atoms with Crippen LogP contribution in [0.25, 0.3) is 0 Å². The second kappa shape index (κ2) is 10.6. The first-order chi connectivity index (χ1) is 14.8. The average molecular weight is 464 g/mol. The number of nitrogens with one attached hydrogen (secondary N) is 1. The highest BCUT2D eigenvalue weighted by Gasteiger charge is 2.37. The van der Waals surface area contributed by atoms with Crippen LogP contribution < -0.4 is 5.32 Å². The van der Waals surface area contributed by atoms with Gasteiger partial charge in [0.1, 0.15) is 18.9 Å². The summed E-state index contributed by atoms with van der Waals surface area (Å²) in [6, 6.07) is 13.7. The van der Waals surface area contributed by atoms with Gasteiger partial charge in [-0.3, -0.25) is 9.59 Å². The molecule has 0 aliphatic carbocycles. The minimum Gasteiger partial charge on any atom is -0.391 e. The molecule has 1 aliphatic heterocycles. The Labute approximate surface area is 190 Å². The van der Waals surface area contributed by atoms with Gasteiger partial charge in [0.25, 0.3) is 0 Å². The van der Waals surface area contributed by atoms with E-state index in [-0.39, 0.29) is 31.9 Å². The third kappa shape index (κ3) is 6.43. The van der Waals surface area contributed by atoms with Crippen LogP contribution in [0.1, 0.15) is 24.5 Å². The Kier molecular flexibility index (Phi) is 7.90. The van der Waals surface area contributed by atoms with Crippen molar-refractivity contribution in [3.8, 4) is 0 Å². The van der Waals surface area contributed by atoms with Gasteiger partial charge in [0.05, 0.1) is 22.3 Å². The summed E-state index contributed by atoms with van der Waals surface area (Å²) in [5, 5.41) is 17.8. The molecule has 0 saturated carbocycles. The molecule has 0 bridgehead atoms. The number of aliphatic hydroxyl groups is 1. The number of rotatable bonds is 7. The van der Waals surface area contributed by atoms with E-state index >= 15 is 0 Å². The molecule has 2 atom stereocenters. The summed E-state index contributed by atoms with van der Waals surface area (Å²) in [6.07, 6.45) is -0.562. The van der Waals surface area contributed by atoms with Gasteiger partial charge in [-0.25, -0.2) is 0 Å². The maximum absolute atomic E-state index is 12.7. The first kappa shape index (κ1) is 23.1. The molecule has 1 saturated heterocycles. The Morgan fingerprint density at radius 2 is 1.94 bits per heavy atom. The number of hydrogen-bond acceptors (Lipinski definition) is 5. The third-order valence-corrected chi connectivity index (χ3v) is 5.59. The van der Waals surface area contributed by atoms with Crippen LogP contribution >= 0.6 is 23.2 Å². The van der Waals surface area contributed by atoms with Crippen LogP contribution in [0.2, 0.25) is 10.0 Å². The lowest BCUT2D eigenvalue weighted by Crippen LogP contribution is -2.48. The fourth-order valence-electron chi connectivity index (χ4n) is 3.31. The summed E-state index contributed by atoms with van der Waals surface area (Å²) in [4.78, 5) is 31.5. The highest BCUT2D eigenvalue weighted by atomic mass is 35.5. The van der Waals surface area contributed by atoms with Crippen molar-refractivity contribution in [3.05, 3.63) is 69.7 Å². The van der Waals surface area contributed by atoms with Crippen LogP contribution in [0.15, 0.2) is 53.7 Å². The zero-order valence-corrected chi connectivity index (χ0v) is 18.4. The van der Waals surface area contributed by atoms with Gasteiger partial charge in [0.2, 0.25) is 11.8 Å². The number of halogens is 2. The number of benzene rings is 2. The fourth-order valence-corrected chi connectivity index (χ4v) is 3.63. The first-order valence-electron chi connectivity index (χ1n) is 9.74. The SMILES string of the molecule is CC(=O)N1C/C(=N/OCc2ccc(Cl)c(Cl)c2)C[C@H]1C(=O)N[C@H](O)Cc1ccccc1. The van der Waals surface area contributed by atoms with Crippen molar-refractivity contribution < 1.29 is 19.5 Å². The Morgan fingerprint density at radius 3 is 2.61 bits per heavy atom. The molecule has 1 fully saturated rings. The number of hydrogen-bond donors (Lipinski definition) is 2. The lowest BCUT2D eigenvalue weighted by Gasteiger charge is -2.23. The van der Waals surface area contributed by atoms with E-state index in [1.807, 2.05) is 30.3 Å². The first-order valence-corrected chi connectivity index (χ1v) is 10.5. The zero-order valence-electron chi connectivity index (χ0n) is 16.9. The second-order valence-electron chi connectivity index (χ2n) is 7.26. The molecule has 164 valence electrons. The van der Waals surface area contributed by atoms with Crippen LogP contribution in [0.3, 0.4) is 0 Å². The number of likely N-dealkylation sites (tertiary alicyclic amines) is 1. The molecule has 1 heterocycles. The average Bonchev–Trinajstić information content (AvgIpc) is 3.16. The molecule has 1 aliphatic rings. The van der Waals surface area contributed by atoms with Crippen molar-refractivity contribution in [1.82, 2.24) is 10.2 Å². The summed E-state index contributed by atoms with van der Waals surface area (Å²) in [5.74, 6) is -0.694. The van der Waals surface area contributed by atoms with Crippen LogP contribution in [0.5, 0.6) is 0 Å². The maximum atomic E-state index is 12.7. The quantitative estimate of drug-likeness (QED) is 0.487. The zero-order chi connectivity index (χ0) is 22.4. The summed E-state index contributed by atoms with van der Waals surface area (Å²) < 4.78 is 0. The number of carbonyl (C=O) groups excluding carboxylic acids is 2. The van der Waals surface area contributed by atoms with Crippen molar-refractivity contribution in [2.45, 2.75) is 38.6 Å². The van der Waals surface area contributed by atoms with E-state index in [0.717, 1.165) is 11.1 Å². The molecule has 3 rings (SSSR count). The van der Waals surface area contributed by atoms with Crippen molar-refractivity contribution in [3.63, 3.8) is 0 Å². The summed E-state index contributed by atoms with van der Waals surface area (Å²) in [5.41, 5.74) is 2.24. The minimum absolute atomic E-state index is 0.174. The van der Waals surface area contributed by atoms with Gasteiger partial charge in [0, 0.05) is 19.8 Å². The van der Waals surface area contributed by atoms with Crippen LogP contribution in [0.4, 0.5) is 0 Å². The van der Waals surface area contributed by atoms with Crippen LogP contribution in [-0.4, -0.2) is 46.3 Å². The third-order valence-electron chi connectivity index (χ3n) is 4.85. The topological polar surface area (TPSA) is 91.2 Å². The van der Waals surface area contributed by atoms with Crippen LogP contribution in [0, 0.1) is 0 Å². The fraction of sp³-hybridized carbons (Fsp3) is 0.318. The molecular formula is C22H23Cl2N3O4.